The molecule has 0 radical (unpaired) electrons. The molecule has 1 heterocycles. The Morgan fingerprint density at radius 2 is 2.11 bits per heavy atom. The van der Waals surface area contributed by atoms with Gasteiger partial charge in [-0.2, -0.15) is 0 Å². The van der Waals surface area contributed by atoms with Crippen LogP contribution in [0.1, 0.15) is 23.7 Å². The number of halogens is 1. The van der Waals surface area contributed by atoms with Gasteiger partial charge in [-0.3, -0.25) is 9.78 Å². The highest BCUT2D eigenvalue weighted by Crippen LogP contribution is 2.16. The number of H-pyrrole nitrogens is 1. The zero-order valence-corrected chi connectivity index (χ0v) is 11.2. The maximum absolute atomic E-state index is 13.4. The molecule has 0 saturated carbocycles. The topological polar surface area (TPSA) is 57.8 Å². The van der Waals surface area contributed by atoms with Gasteiger partial charge < -0.3 is 5.32 Å². The lowest BCUT2D eigenvalue weighted by atomic mass is 10.2. The van der Waals surface area contributed by atoms with E-state index in [1.54, 1.807) is 26.0 Å². The van der Waals surface area contributed by atoms with Gasteiger partial charge in [-0.05, 0) is 38.0 Å². The summed E-state index contributed by atoms with van der Waals surface area (Å²) >= 11 is 0. The average molecular weight is 261 g/mol. The summed E-state index contributed by atoms with van der Waals surface area (Å²) in [5, 5.41) is 2.90. The highest BCUT2D eigenvalue weighted by Gasteiger charge is 2.07. The fourth-order valence-electron chi connectivity index (χ4n) is 1.89. The number of hydrogen-bond donors (Lipinski definition) is 2. The van der Waals surface area contributed by atoms with Crippen molar-refractivity contribution in [3.8, 4) is 0 Å². The molecule has 4 nitrogen and oxygen atoms in total. The first-order chi connectivity index (χ1) is 9.01. The van der Waals surface area contributed by atoms with E-state index in [0.29, 0.717) is 34.9 Å². The second-order valence-corrected chi connectivity index (χ2v) is 4.42. The smallest absolute Gasteiger partial charge is 0.255 e. The lowest BCUT2D eigenvalue weighted by molar-refractivity contribution is 0.619. The summed E-state index contributed by atoms with van der Waals surface area (Å²) in [6.07, 6.45) is 0.633. The van der Waals surface area contributed by atoms with Crippen molar-refractivity contribution in [2.24, 2.45) is 0 Å². The van der Waals surface area contributed by atoms with Gasteiger partial charge in [0.05, 0.1) is 0 Å². The van der Waals surface area contributed by atoms with Crippen molar-refractivity contribution in [1.29, 1.82) is 0 Å². The van der Waals surface area contributed by atoms with E-state index in [1.165, 1.54) is 6.07 Å². The third-order valence-electron chi connectivity index (χ3n) is 3.01. The predicted octanol–water partition coefficient (Wildman–Crippen LogP) is 2.83. The Bertz CT molecular complexity index is 664. The number of anilines is 2. The Morgan fingerprint density at radius 3 is 2.68 bits per heavy atom. The number of nitrogens with one attached hydrogen (secondary N) is 2. The van der Waals surface area contributed by atoms with Crippen molar-refractivity contribution < 1.29 is 4.39 Å². The zero-order valence-electron chi connectivity index (χ0n) is 11.2. The first kappa shape index (κ1) is 13.3. The van der Waals surface area contributed by atoms with Crippen molar-refractivity contribution >= 4 is 11.6 Å². The van der Waals surface area contributed by atoms with Crippen LogP contribution in [0, 0.1) is 19.7 Å². The molecular weight excluding hydrogens is 245 g/mol. The number of aromatic amines is 1. The SMILES string of the molecule is CCc1c(C)nc(Nc2ccc(C)c(F)c2)[nH]c1=O. The van der Waals surface area contributed by atoms with Gasteiger partial charge in [0.1, 0.15) is 5.82 Å². The summed E-state index contributed by atoms with van der Waals surface area (Å²) in [5.41, 5.74) is 2.31. The average Bonchev–Trinajstić information content (AvgIpc) is 2.33. The molecule has 0 fully saturated rings. The van der Waals surface area contributed by atoms with E-state index in [9.17, 15) is 9.18 Å². The molecule has 5 heteroatoms. The first-order valence-corrected chi connectivity index (χ1v) is 6.14. The molecule has 2 N–H and O–H groups in total. The van der Waals surface area contributed by atoms with Crippen molar-refractivity contribution in [3.63, 3.8) is 0 Å². The molecule has 1 aromatic carbocycles. The molecule has 2 aromatic rings. The van der Waals surface area contributed by atoms with Gasteiger partial charge in [-0.15, -0.1) is 0 Å². The number of nitrogens with zero attached hydrogens (tertiary/aromatic N) is 1. The lowest BCUT2D eigenvalue weighted by Crippen LogP contribution is -2.17. The maximum Gasteiger partial charge on any atom is 0.255 e. The highest BCUT2D eigenvalue weighted by atomic mass is 19.1. The molecule has 0 aliphatic carbocycles. The molecule has 100 valence electrons. The largest absolute Gasteiger partial charge is 0.326 e. The van der Waals surface area contributed by atoms with Gasteiger partial charge in [0.2, 0.25) is 5.95 Å². The molecule has 0 aliphatic heterocycles. The number of aryl methyl sites for hydroxylation is 2. The van der Waals surface area contributed by atoms with Gasteiger partial charge >= 0.3 is 0 Å². The first-order valence-electron chi connectivity index (χ1n) is 6.14. The Hall–Kier alpha value is -2.17. The molecule has 0 aliphatic rings. The van der Waals surface area contributed by atoms with E-state index in [2.05, 4.69) is 15.3 Å². The number of hydrogen-bond acceptors (Lipinski definition) is 3. The quantitative estimate of drug-likeness (QED) is 0.893. The summed E-state index contributed by atoms with van der Waals surface area (Å²) in [7, 11) is 0. The number of aromatic nitrogens is 2. The van der Waals surface area contributed by atoms with Crippen LogP contribution < -0.4 is 10.9 Å². The van der Waals surface area contributed by atoms with Crippen LogP contribution in [0.15, 0.2) is 23.0 Å². The minimum absolute atomic E-state index is 0.162. The maximum atomic E-state index is 13.4. The zero-order chi connectivity index (χ0) is 14.0. The van der Waals surface area contributed by atoms with Gasteiger partial charge in [0.25, 0.3) is 5.56 Å². The molecule has 0 bridgehead atoms. The Labute approximate surface area is 110 Å². The van der Waals surface area contributed by atoms with Crippen molar-refractivity contribution in [3.05, 3.63) is 51.2 Å². The molecule has 0 saturated heterocycles. The van der Waals surface area contributed by atoms with E-state index in [0.717, 1.165) is 0 Å². The van der Waals surface area contributed by atoms with Gasteiger partial charge in [-0.1, -0.05) is 13.0 Å². The molecular formula is C14H16FN3O. The van der Waals surface area contributed by atoms with E-state index < -0.39 is 0 Å². The highest BCUT2D eigenvalue weighted by molar-refractivity contribution is 5.54. The fraction of sp³-hybridized carbons (Fsp3) is 0.286. The van der Waals surface area contributed by atoms with Crippen molar-refractivity contribution in [2.75, 3.05) is 5.32 Å². The normalized spacial score (nSPS) is 10.5. The van der Waals surface area contributed by atoms with Crippen LogP contribution in [-0.2, 0) is 6.42 Å². The second kappa shape index (κ2) is 5.22. The molecule has 2 rings (SSSR count). The van der Waals surface area contributed by atoms with Crippen LogP contribution in [0.5, 0.6) is 0 Å². The van der Waals surface area contributed by atoms with Crippen molar-refractivity contribution in [2.45, 2.75) is 27.2 Å². The number of benzene rings is 1. The molecule has 0 atom stereocenters. The molecule has 1 aromatic heterocycles. The molecule has 0 amide bonds. The summed E-state index contributed by atoms with van der Waals surface area (Å²) < 4.78 is 13.4. The minimum Gasteiger partial charge on any atom is -0.326 e. The standard InChI is InChI=1S/C14H16FN3O/c1-4-11-9(3)16-14(18-13(11)19)17-10-6-5-8(2)12(15)7-10/h5-7H,4H2,1-3H3,(H2,16,17,18,19). The summed E-state index contributed by atoms with van der Waals surface area (Å²) in [6, 6.07) is 4.78. The molecule has 19 heavy (non-hydrogen) atoms. The monoisotopic (exact) mass is 261 g/mol. The second-order valence-electron chi connectivity index (χ2n) is 4.42. The van der Waals surface area contributed by atoms with Crippen LogP contribution >= 0.6 is 0 Å². The van der Waals surface area contributed by atoms with E-state index >= 15 is 0 Å². The van der Waals surface area contributed by atoms with Crippen molar-refractivity contribution in [1.82, 2.24) is 9.97 Å². The van der Waals surface area contributed by atoms with E-state index in [4.69, 9.17) is 0 Å². The van der Waals surface area contributed by atoms with Gasteiger partial charge in [0.15, 0.2) is 0 Å². The summed E-state index contributed by atoms with van der Waals surface area (Å²) in [5.74, 6) is 0.0252. The van der Waals surface area contributed by atoms with Crippen LogP contribution in [-0.4, -0.2) is 9.97 Å². The molecule has 0 spiro atoms. The van der Waals surface area contributed by atoms with Crippen LogP contribution in [0.2, 0.25) is 0 Å². The van der Waals surface area contributed by atoms with Crippen LogP contribution in [0.3, 0.4) is 0 Å². The Kier molecular flexibility index (Phi) is 3.64. The van der Waals surface area contributed by atoms with E-state index in [-0.39, 0.29) is 11.4 Å². The Balaban J connectivity index is 2.33. The third kappa shape index (κ3) is 2.81. The van der Waals surface area contributed by atoms with E-state index in [1.807, 2.05) is 6.92 Å². The minimum atomic E-state index is -0.297. The Morgan fingerprint density at radius 1 is 1.37 bits per heavy atom. The fourth-order valence-corrected chi connectivity index (χ4v) is 1.89. The van der Waals surface area contributed by atoms with Crippen LogP contribution in [0.4, 0.5) is 16.0 Å². The third-order valence-corrected chi connectivity index (χ3v) is 3.01. The van der Waals surface area contributed by atoms with Gasteiger partial charge in [-0.25, -0.2) is 9.37 Å². The summed E-state index contributed by atoms with van der Waals surface area (Å²) in [4.78, 5) is 18.7. The molecule has 0 unspecified atom stereocenters. The van der Waals surface area contributed by atoms with Gasteiger partial charge in [0, 0.05) is 16.9 Å². The summed E-state index contributed by atoms with van der Waals surface area (Å²) in [6.45, 7) is 5.39. The predicted molar refractivity (Wildman–Crippen MR) is 73.4 cm³/mol. The number of rotatable bonds is 3. The lowest BCUT2D eigenvalue weighted by Gasteiger charge is -2.08. The van der Waals surface area contributed by atoms with Crippen LogP contribution in [0.25, 0.3) is 0 Å².